The minimum absolute atomic E-state index is 0.170. The van der Waals surface area contributed by atoms with Crippen LogP contribution in [0.4, 0.5) is 5.69 Å². The van der Waals surface area contributed by atoms with E-state index in [1.54, 1.807) is 17.8 Å². The molecule has 1 saturated heterocycles. The summed E-state index contributed by atoms with van der Waals surface area (Å²) in [6.45, 7) is 5.96. The van der Waals surface area contributed by atoms with Crippen LogP contribution in [0.15, 0.2) is 16.9 Å². The molecule has 0 radical (unpaired) electrons. The molecule has 1 atom stereocenters. The summed E-state index contributed by atoms with van der Waals surface area (Å²) in [5.74, 6) is 0.135. The second kappa shape index (κ2) is 4.83. The lowest BCUT2D eigenvalue weighted by Gasteiger charge is -2.10. The van der Waals surface area contributed by atoms with Gasteiger partial charge in [-0.05, 0) is 13.8 Å². The van der Waals surface area contributed by atoms with Crippen LogP contribution in [0.3, 0.4) is 0 Å². The van der Waals surface area contributed by atoms with Gasteiger partial charge in [-0.25, -0.2) is 4.90 Å². The number of aryl methyl sites for hydroxylation is 2. The minimum Gasteiger partial charge on any atom is -0.361 e. The van der Waals surface area contributed by atoms with Crippen LogP contribution in [0.2, 0.25) is 0 Å². The molecule has 0 bridgehead atoms. The Morgan fingerprint density at radius 2 is 2.14 bits per heavy atom. The van der Waals surface area contributed by atoms with Crippen molar-refractivity contribution in [3.63, 3.8) is 0 Å². The van der Waals surface area contributed by atoms with E-state index in [1.165, 1.54) is 11.1 Å². The molecule has 7 nitrogen and oxygen atoms in total. The predicted molar refractivity (Wildman–Crippen MR) is 73.6 cm³/mol. The highest BCUT2D eigenvalue weighted by Crippen LogP contribution is 2.26. The maximum atomic E-state index is 12.0. The van der Waals surface area contributed by atoms with Crippen LogP contribution in [0.5, 0.6) is 0 Å². The van der Waals surface area contributed by atoms with E-state index in [-0.39, 0.29) is 24.2 Å². The van der Waals surface area contributed by atoms with Crippen molar-refractivity contribution in [2.24, 2.45) is 5.92 Å². The van der Waals surface area contributed by atoms with Crippen molar-refractivity contribution in [2.75, 3.05) is 4.90 Å². The van der Waals surface area contributed by atoms with E-state index in [2.05, 4.69) is 10.3 Å². The molecule has 3 heterocycles. The first-order valence-corrected chi connectivity index (χ1v) is 6.78. The largest absolute Gasteiger partial charge is 0.361 e. The lowest BCUT2D eigenvalue weighted by molar-refractivity contribution is -0.122. The summed E-state index contributed by atoms with van der Waals surface area (Å²) in [5.41, 5.74) is 2.28. The molecule has 3 rings (SSSR count). The van der Waals surface area contributed by atoms with Crippen LogP contribution >= 0.6 is 0 Å². The van der Waals surface area contributed by atoms with Crippen LogP contribution in [0.25, 0.3) is 0 Å². The summed E-state index contributed by atoms with van der Waals surface area (Å²) in [5, 5.41) is 8.11. The number of rotatable bonds is 3. The Bertz CT molecular complexity index is 696. The molecule has 1 fully saturated rings. The second-order valence-corrected chi connectivity index (χ2v) is 5.37. The molecule has 1 unspecified atom stereocenters. The summed E-state index contributed by atoms with van der Waals surface area (Å²) in [4.78, 5) is 25.1. The number of carbonyl (C=O) groups is 2. The van der Waals surface area contributed by atoms with E-state index in [1.807, 2.05) is 13.8 Å². The molecule has 7 heteroatoms. The zero-order chi connectivity index (χ0) is 15.1. The van der Waals surface area contributed by atoms with E-state index < -0.39 is 0 Å². The Kier molecular flexibility index (Phi) is 3.12. The molecule has 1 aliphatic heterocycles. The molecular weight excluding hydrogens is 272 g/mol. The zero-order valence-electron chi connectivity index (χ0n) is 12.2. The van der Waals surface area contributed by atoms with Gasteiger partial charge in [0.05, 0.1) is 24.1 Å². The van der Waals surface area contributed by atoms with Crippen LogP contribution < -0.4 is 4.90 Å². The molecule has 0 aromatic carbocycles. The summed E-state index contributed by atoms with van der Waals surface area (Å²) in [6.07, 6.45) is 3.49. The van der Waals surface area contributed by atoms with Crippen molar-refractivity contribution in [1.82, 2.24) is 14.9 Å². The zero-order valence-corrected chi connectivity index (χ0v) is 12.2. The quantitative estimate of drug-likeness (QED) is 0.798. The molecule has 2 aromatic heterocycles. The highest BCUT2D eigenvalue weighted by atomic mass is 16.5. The summed E-state index contributed by atoms with van der Waals surface area (Å²) < 4.78 is 6.78. The van der Waals surface area contributed by atoms with Crippen molar-refractivity contribution >= 4 is 17.5 Å². The summed E-state index contributed by atoms with van der Waals surface area (Å²) >= 11 is 0. The second-order valence-electron chi connectivity index (χ2n) is 5.37. The Morgan fingerprint density at radius 3 is 2.71 bits per heavy atom. The van der Waals surface area contributed by atoms with E-state index in [0.29, 0.717) is 12.2 Å². The highest BCUT2D eigenvalue weighted by molar-refractivity contribution is 6.20. The molecule has 0 aliphatic carbocycles. The smallest absolute Gasteiger partial charge is 0.237 e. The average Bonchev–Trinajstić information content (AvgIpc) is 3.07. The van der Waals surface area contributed by atoms with Gasteiger partial charge in [0.1, 0.15) is 5.76 Å². The van der Waals surface area contributed by atoms with E-state index in [4.69, 9.17) is 4.52 Å². The molecular formula is C14H16N4O3. The lowest BCUT2D eigenvalue weighted by Crippen LogP contribution is -2.29. The van der Waals surface area contributed by atoms with Gasteiger partial charge in [-0.1, -0.05) is 12.1 Å². The third-order valence-electron chi connectivity index (χ3n) is 3.75. The van der Waals surface area contributed by atoms with Gasteiger partial charge < -0.3 is 4.52 Å². The first kappa shape index (κ1) is 13.5. The van der Waals surface area contributed by atoms with Gasteiger partial charge in [-0.3, -0.25) is 14.3 Å². The minimum atomic E-state index is -0.261. The Balaban J connectivity index is 1.84. The van der Waals surface area contributed by atoms with Crippen molar-refractivity contribution in [1.29, 1.82) is 0 Å². The number of hydrogen-bond donors (Lipinski definition) is 0. The fourth-order valence-electron chi connectivity index (χ4n) is 2.50. The van der Waals surface area contributed by atoms with Crippen molar-refractivity contribution in [3.05, 3.63) is 29.4 Å². The van der Waals surface area contributed by atoms with Crippen LogP contribution in [0.1, 0.15) is 30.4 Å². The third kappa shape index (κ3) is 2.24. The first-order chi connectivity index (χ1) is 9.97. The van der Waals surface area contributed by atoms with Crippen molar-refractivity contribution < 1.29 is 14.1 Å². The molecule has 1 aliphatic rings. The fraction of sp³-hybridized carbons (Fsp3) is 0.429. The van der Waals surface area contributed by atoms with Crippen molar-refractivity contribution in [2.45, 2.75) is 33.7 Å². The van der Waals surface area contributed by atoms with Gasteiger partial charge in [0.25, 0.3) is 0 Å². The molecule has 110 valence electrons. The number of hydrogen-bond acceptors (Lipinski definition) is 5. The van der Waals surface area contributed by atoms with Crippen molar-refractivity contribution in [3.8, 4) is 0 Å². The number of imide groups is 1. The van der Waals surface area contributed by atoms with Gasteiger partial charge >= 0.3 is 0 Å². The normalized spacial score (nSPS) is 18.8. The molecule has 21 heavy (non-hydrogen) atoms. The monoisotopic (exact) mass is 288 g/mol. The van der Waals surface area contributed by atoms with Gasteiger partial charge in [-0.15, -0.1) is 0 Å². The van der Waals surface area contributed by atoms with Crippen LogP contribution in [0, 0.1) is 19.8 Å². The van der Waals surface area contributed by atoms with E-state index >= 15 is 0 Å². The Labute approximate surface area is 121 Å². The number of aromatic nitrogens is 3. The highest BCUT2D eigenvalue weighted by Gasteiger charge is 2.37. The average molecular weight is 288 g/mol. The standard InChI is InChI=1S/C14H16N4O3/c1-8-4-13(19)18(14(8)20)11-5-15-17(6-11)7-12-9(2)16-21-10(12)3/h5-6,8H,4,7H2,1-3H3. The fourth-order valence-corrected chi connectivity index (χ4v) is 2.50. The molecule has 2 amide bonds. The maximum absolute atomic E-state index is 12.0. The first-order valence-electron chi connectivity index (χ1n) is 6.78. The summed E-state index contributed by atoms with van der Waals surface area (Å²) in [7, 11) is 0. The molecule has 0 saturated carbocycles. The predicted octanol–water partition coefficient (Wildman–Crippen LogP) is 1.44. The number of amides is 2. The Hall–Kier alpha value is -2.44. The number of nitrogens with zero attached hydrogens (tertiary/aromatic N) is 4. The number of carbonyl (C=O) groups excluding carboxylic acids is 2. The van der Waals surface area contributed by atoms with Gasteiger partial charge in [0.15, 0.2) is 0 Å². The maximum Gasteiger partial charge on any atom is 0.237 e. The molecule has 0 N–H and O–H groups in total. The van der Waals surface area contributed by atoms with Gasteiger partial charge in [-0.2, -0.15) is 5.10 Å². The number of anilines is 1. The Morgan fingerprint density at radius 1 is 1.38 bits per heavy atom. The van der Waals surface area contributed by atoms with Gasteiger partial charge in [0, 0.05) is 24.1 Å². The SMILES string of the molecule is Cc1noc(C)c1Cn1cc(N2C(=O)CC(C)C2=O)cn1. The molecule has 0 spiro atoms. The van der Waals surface area contributed by atoms with Crippen LogP contribution in [-0.2, 0) is 16.1 Å². The third-order valence-corrected chi connectivity index (χ3v) is 3.75. The van der Waals surface area contributed by atoms with E-state index in [0.717, 1.165) is 17.0 Å². The topological polar surface area (TPSA) is 81.2 Å². The van der Waals surface area contributed by atoms with Crippen LogP contribution in [-0.4, -0.2) is 26.8 Å². The lowest BCUT2D eigenvalue weighted by atomic mass is 10.1. The summed E-state index contributed by atoms with van der Waals surface area (Å²) in [6, 6.07) is 0. The molecule has 2 aromatic rings. The van der Waals surface area contributed by atoms with E-state index in [9.17, 15) is 9.59 Å². The van der Waals surface area contributed by atoms with Gasteiger partial charge in [0.2, 0.25) is 11.8 Å².